The SMILES string of the molecule is CCCC(C)C(=O)OCC[C@@](N)(Cc1ccc(OC(=O)OCC(C)(C)C)c(OC(=O)OCC(C)(C)C)c1)C(=O)OC. The molecule has 0 saturated heterocycles. The normalized spacial score (nSPS) is 13.8. The number of nitrogens with two attached hydrogens (primary N) is 1. The van der Waals surface area contributed by atoms with E-state index in [0.717, 1.165) is 6.42 Å². The number of carbonyl (C=O) groups is 4. The van der Waals surface area contributed by atoms with E-state index >= 15 is 0 Å². The lowest BCUT2D eigenvalue weighted by molar-refractivity contribution is -0.153. The summed E-state index contributed by atoms with van der Waals surface area (Å²) in [6.45, 7) is 15.2. The lowest BCUT2D eigenvalue weighted by Gasteiger charge is -2.27. The molecule has 0 heterocycles. The van der Waals surface area contributed by atoms with E-state index in [1.54, 1.807) is 13.0 Å². The van der Waals surface area contributed by atoms with E-state index in [4.69, 9.17) is 34.2 Å². The highest BCUT2D eigenvalue weighted by Crippen LogP contribution is 2.32. The Kier molecular flexibility index (Phi) is 13.6. The maximum Gasteiger partial charge on any atom is 0.513 e. The molecule has 0 aliphatic rings. The zero-order valence-corrected chi connectivity index (χ0v) is 25.9. The van der Waals surface area contributed by atoms with Gasteiger partial charge in [0.05, 0.1) is 32.8 Å². The lowest BCUT2D eigenvalue weighted by atomic mass is 9.88. The third-order valence-electron chi connectivity index (χ3n) is 5.67. The monoisotopic (exact) mass is 581 g/mol. The van der Waals surface area contributed by atoms with Crippen LogP contribution in [0.25, 0.3) is 0 Å². The molecule has 0 aliphatic heterocycles. The van der Waals surface area contributed by atoms with Crippen LogP contribution in [0.3, 0.4) is 0 Å². The Morgan fingerprint density at radius 3 is 1.88 bits per heavy atom. The van der Waals surface area contributed by atoms with Crippen LogP contribution in [0.5, 0.6) is 11.5 Å². The van der Waals surface area contributed by atoms with E-state index in [2.05, 4.69) is 0 Å². The molecule has 11 heteroatoms. The Bertz CT molecular complexity index is 1040. The molecule has 0 aromatic heterocycles. The smallest absolute Gasteiger partial charge is 0.468 e. The fourth-order valence-corrected chi connectivity index (χ4v) is 3.47. The molecule has 0 bridgehead atoms. The van der Waals surface area contributed by atoms with Crippen LogP contribution in [0.1, 0.15) is 80.2 Å². The van der Waals surface area contributed by atoms with Crippen LogP contribution in [-0.2, 0) is 35.0 Å². The van der Waals surface area contributed by atoms with Crippen molar-refractivity contribution in [2.45, 2.75) is 86.6 Å². The van der Waals surface area contributed by atoms with Gasteiger partial charge < -0.3 is 34.2 Å². The first kappa shape index (κ1) is 35.7. The number of hydrogen-bond donors (Lipinski definition) is 1. The predicted molar refractivity (Wildman–Crippen MR) is 152 cm³/mol. The average molecular weight is 582 g/mol. The Morgan fingerprint density at radius 1 is 0.854 bits per heavy atom. The molecule has 0 amide bonds. The van der Waals surface area contributed by atoms with E-state index in [0.29, 0.717) is 12.0 Å². The molecule has 1 unspecified atom stereocenters. The van der Waals surface area contributed by atoms with Crippen LogP contribution in [-0.4, -0.2) is 56.7 Å². The number of benzene rings is 1. The first-order chi connectivity index (χ1) is 18.9. The summed E-state index contributed by atoms with van der Waals surface area (Å²) >= 11 is 0. The van der Waals surface area contributed by atoms with E-state index in [1.807, 2.05) is 48.5 Å². The zero-order chi connectivity index (χ0) is 31.4. The van der Waals surface area contributed by atoms with Crippen LogP contribution < -0.4 is 15.2 Å². The number of rotatable bonds is 13. The first-order valence-electron chi connectivity index (χ1n) is 13.7. The summed E-state index contributed by atoms with van der Waals surface area (Å²) in [7, 11) is 1.21. The van der Waals surface area contributed by atoms with Gasteiger partial charge in [0, 0.05) is 12.8 Å². The first-order valence-corrected chi connectivity index (χ1v) is 13.7. The molecule has 1 aromatic rings. The summed E-state index contributed by atoms with van der Waals surface area (Å²) in [5, 5.41) is 0. The molecule has 1 rings (SSSR count). The second kappa shape index (κ2) is 15.6. The molecule has 1 aromatic carbocycles. The van der Waals surface area contributed by atoms with Crippen molar-refractivity contribution >= 4 is 24.2 Å². The minimum absolute atomic E-state index is 0.0224. The van der Waals surface area contributed by atoms with Gasteiger partial charge in [-0.1, -0.05) is 67.9 Å². The number of hydrogen-bond acceptors (Lipinski definition) is 11. The Balaban J connectivity index is 3.19. The minimum atomic E-state index is -1.57. The lowest BCUT2D eigenvalue weighted by Crippen LogP contribution is -2.51. The van der Waals surface area contributed by atoms with Crippen molar-refractivity contribution < 1.29 is 47.6 Å². The molecule has 2 N–H and O–H groups in total. The molecule has 0 aliphatic carbocycles. The highest BCUT2D eigenvalue weighted by Gasteiger charge is 2.36. The minimum Gasteiger partial charge on any atom is -0.468 e. The van der Waals surface area contributed by atoms with E-state index in [1.165, 1.54) is 19.2 Å². The number of methoxy groups -OCH3 is 1. The van der Waals surface area contributed by atoms with Gasteiger partial charge in [0.15, 0.2) is 11.5 Å². The van der Waals surface area contributed by atoms with Crippen molar-refractivity contribution in [3.8, 4) is 11.5 Å². The topological polar surface area (TPSA) is 150 Å². The van der Waals surface area contributed by atoms with Gasteiger partial charge in [0.1, 0.15) is 5.54 Å². The van der Waals surface area contributed by atoms with Crippen LogP contribution >= 0.6 is 0 Å². The van der Waals surface area contributed by atoms with Gasteiger partial charge in [0.2, 0.25) is 0 Å². The third-order valence-corrected chi connectivity index (χ3v) is 5.67. The number of esters is 2. The van der Waals surface area contributed by atoms with Gasteiger partial charge in [-0.3, -0.25) is 9.59 Å². The molecule has 41 heavy (non-hydrogen) atoms. The van der Waals surface area contributed by atoms with Crippen LogP contribution in [0, 0.1) is 16.7 Å². The Labute approximate surface area is 243 Å². The standard InChI is InChI=1S/C30H47NO10/c1-10-11-20(2)24(32)37-15-14-30(31,25(33)36-9)17-21-12-13-22(40-26(34)38-18-28(3,4)5)23(16-21)41-27(35)39-19-29(6,7)8/h12-13,16,20H,10-11,14-15,17-19,31H2,1-9H3/t20?,30-/m1/s1. The van der Waals surface area contributed by atoms with Crippen LogP contribution in [0.2, 0.25) is 0 Å². The Hall–Kier alpha value is -3.34. The summed E-state index contributed by atoms with van der Waals surface area (Å²) < 4.78 is 31.3. The van der Waals surface area contributed by atoms with Crippen molar-refractivity contribution in [1.29, 1.82) is 0 Å². The molecular weight excluding hydrogens is 534 g/mol. The van der Waals surface area contributed by atoms with Gasteiger partial charge in [-0.2, -0.15) is 0 Å². The summed E-state index contributed by atoms with van der Waals surface area (Å²) in [5.74, 6) is -1.59. The maximum atomic E-state index is 12.7. The quantitative estimate of drug-likeness (QED) is 0.176. The summed E-state index contributed by atoms with van der Waals surface area (Å²) in [6, 6.07) is 4.36. The summed E-state index contributed by atoms with van der Waals surface area (Å²) in [5.41, 5.74) is 4.73. The van der Waals surface area contributed by atoms with Gasteiger partial charge in [-0.05, 0) is 34.9 Å². The predicted octanol–water partition coefficient (Wildman–Crippen LogP) is 5.59. The van der Waals surface area contributed by atoms with Crippen molar-refractivity contribution in [1.82, 2.24) is 0 Å². The molecule has 2 atom stereocenters. The van der Waals surface area contributed by atoms with Crippen molar-refractivity contribution in [2.24, 2.45) is 22.5 Å². The molecular formula is C30H47NO10. The number of ether oxygens (including phenoxy) is 6. The number of carbonyl (C=O) groups excluding carboxylic acids is 4. The zero-order valence-electron chi connectivity index (χ0n) is 25.9. The maximum absolute atomic E-state index is 12.7. The fraction of sp³-hybridized carbons (Fsp3) is 0.667. The fourth-order valence-electron chi connectivity index (χ4n) is 3.47. The second-order valence-electron chi connectivity index (χ2n) is 12.6. The molecule has 0 spiro atoms. The average Bonchev–Trinajstić information content (AvgIpc) is 2.86. The van der Waals surface area contributed by atoms with Gasteiger partial charge in [-0.25, -0.2) is 9.59 Å². The van der Waals surface area contributed by atoms with Crippen LogP contribution in [0.4, 0.5) is 9.59 Å². The van der Waals surface area contributed by atoms with Gasteiger partial charge >= 0.3 is 24.2 Å². The Morgan fingerprint density at radius 2 is 1.39 bits per heavy atom. The highest BCUT2D eigenvalue weighted by molar-refractivity contribution is 5.81. The molecule has 11 nitrogen and oxygen atoms in total. The van der Waals surface area contributed by atoms with E-state index in [-0.39, 0.29) is 66.9 Å². The van der Waals surface area contributed by atoms with Gasteiger partial charge in [0.25, 0.3) is 0 Å². The molecule has 0 radical (unpaired) electrons. The van der Waals surface area contributed by atoms with Crippen molar-refractivity contribution in [3.05, 3.63) is 23.8 Å². The van der Waals surface area contributed by atoms with Crippen LogP contribution in [0.15, 0.2) is 18.2 Å². The highest BCUT2D eigenvalue weighted by atomic mass is 16.7. The van der Waals surface area contributed by atoms with E-state index < -0.39 is 23.8 Å². The second-order valence-corrected chi connectivity index (χ2v) is 12.6. The molecule has 232 valence electrons. The third kappa shape index (κ3) is 13.7. The summed E-state index contributed by atoms with van der Waals surface area (Å²) in [4.78, 5) is 49.7. The van der Waals surface area contributed by atoms with E-state index in [9.17, 15) is 19.2 Å². The molecule has 0 saturated carbocycles. The van der Waals surface area contributed by atoms with Crippen molar-refractivity contribution in [2.75, 3.05) is 26.9 Å². The largest absolute Gasteiger partial charge is 0.513 e. The van der Waals surface area contributed by atoms with Crippen molar-refractivity contribution in [3.63, 3.8) is 0 Å². The summed E-state index contributed by atoms with van der Waals surface area (Å²) in [6.07, 6.45) is -0.563. The molecule has 0 fully saturated rings. The van der Waals surface area contributed by atoms with Gasteiger partial charge in [-0.15, -0.1) is 0 Å².